The number of hydrogen-bond donors (Lipinski definition) is 3. The quantitative estimate of drug-likeness (QED) is 0.528. The van der Waals surface area contributed by atoms with Crippen molar-refractivity contribution in [3.05, 3.63) is 59.8 Å². The molecule has 0 saturated carbocycles. The number of sulfonamides is 1. The molecule has 2 amide bonds. The summed E-state index contributed by atoms with van der Waals surface area (Å²) >= 11 is 0. The summed E-state index contributed by atoms with van der Waals surface area (Å²) in [5, 5.41) is 7.31. The highest BCUT2D eigenvalue weighted by molar-refractivity contribution is 7.89. The van der Waals surface area contributed by atoms with Gasteiger partial charge in [0.1, 0.15) is 0 Å². The van der Waals surface area contributed by atoms with Crippen LogP contribution in [0, 0.1) is 0 Å². The number of amides is 2. The second-order valence-electron chi connectivity index (χ2n) is 6.14. The van der Waals surface area contributed by atoms with Crippen LogP contribution in [0.3, 0.4) is 0 Å². The highest BCUT2D eigenvalue weighted by Crippen LogP contribution is 2.17. The molecule has 0 saturated heterocycles. The lowest BCUT2D eigenvalue weighted by molar-refractivity contribution is 0.0844. The smallest absolute Gasteiger partial charge is 0.277 e. The summed E-state index contributed by atoms with van der Waals surface area (Å²) < 4.78 is 26.6. The van der Waals surface area contributed by atoms with Crippen molar-refractivity contribution in [2.75, 3.05) is 13.1 Å². The molecule has 3 N–H and O–H groups in total. The molecule has 152 valence electrons. The van der Waals surface area contributed by atoms with Crippen molar-refractivity contribution in [2.45, 2.75) is 18.7 Å². The van der Waals surface area contributed by atoms with E-state index in [9.17, 15) is 18.0 Å². The fourth-order valence-electron chi connectivity index (χ4n) is 2.89. The third-order valence-corrected chi connectivity index (χ3v) is 6.46. The SMILES string of the molecule is CCN(CC)S(=O)(=O)c1cccc(C(=O)NNC(=O)c2n[nH]c3ccccc23)c1. The van der Waals surface area contributed by atoms with Crippen molar-refractivity contribution in [3.63, 3.8) is 0 Å². The molecule has 0 unspecified atom stereocenters. The van der Waals surface area contributed by atoms with E-state index in [0.29, 0.717) is 24.0 Å². The van der Waals surface area contributed by atoms with Crippen molar-refractivity contribution in [1.82, 2.24) is 25.4 Å². The molecule has 0 radical (unpaired) electrons. The molecule has 2 aromatic carbocycles. The molecule has 0 fully saturated rings. The maximum atomic E-state index is 12.6. The van der Waals surface area contributed by atoms with Gasteiger partial charge in [-0.25, -0.2) is 8.42 Å². The van der Waals surface area contributed by atoms with Gasteiger partial charge in [-0.05, 0) is 24.3 Å². The second kappa shape index (κ2) is 8.41. The Bertz CT molecular complexity index is 1150. The van der Waals surface area contributed by atoms with E-state index in [0.717, 1.165) is 0 Å². The van der Waals surface area contributed by atoms with Gasteiger partial charge in [0, 0.05) is 24.0 Å². The number of benzene rings is 2. The van der Waals surface area contributed by atoms with E-state index in [1.165, 1.54) is 28.6 Å². The van der Waals surface area contributed by atoms with E-state index >= 15 is 0 Å². The van der Waals surface area contributed by atoms with Crippen molar-refractivity contribution in [3.8, 4) is 0 Å². The van der Waals surface area contributed by atoms with Crippen molar-refractivity contribution < 1.29 is 18.0 Å². The number of H-pyrrole nitrogens is 1. The average molecular weight is 415 g/mol. The van der Waals surface area contributed by atoms with Crippen LogP contribution in [0.4, 0.5) is 0 Å². The largest absolute Gasteiger partial charge is 0.290 e. The third-order valence-electron chi connectivity index (χ3n) is 4.41. The number of nitrogens with one attached hydrogen (secondary N) is 3. The standard InChI is InChI=1S/C19H21N5O4S/c1-3-24(4-2)29(27,28)14-9-7-8-13(12-14)18(25)22-23-19(26)17-15-10-5-6-11-16(15)20-21-17/h5-12H,3-4H2,1-2H3,(H,20,21)(H,22,25)(H,23,26). The number of para-hydroxylation sites is 1. The summed E-state index contributed by atoms with van der Waals surface area (Å²) in [6.45, 7) is 4.13. The lowest BCUT2D eigenvalue weighted by atomic mass is 10.2. The molecule has 1 aromatic heterocycles. The summed E-state index contributed by atoms with van der Waals surface area (Å²) in [5.74, 6) is -1.24. The molecule has 9 nitrogen and oxygen atoms in total. The number of hydrazine groups is 1. The molecule has 3 aromatic rings. The molecule has 0 bridgehead atoms. The number of hydrogen-bond acceptors (Lipinski definition) is 5. The second-order valence-corrected chi connectivity index (χ2v) is 8.08. The normalized spacial score (nSPS) is 11.6. The molecule has 0 aliphatic carbocycles. The van der Waals surface area contributed by atoms with Crippen LogP contribution in [0.1, 0.15) is 34.7 Å². The molecular formula is C19H21N5O4S. The fourth-order valence-corrected chi connectivity index (χ4v) is 4.40. The number of aromatic nitrogens is 2. The van der Waals surface area contributed by atoms with Crippen molar-refractivity contribution in [1.29, 1.82) is 0 Å². The Hall–Kier alpha value is -3.24. The molecule has 10 heteroatoms. The predicted octanol–water partition coefficient (Wildman–Crippen LogP) is 1.67. The first-order valence-electron chi connectivity index (χ1n) is 9.02. The summed E-state index contributed by atoms with van der Waals surface area (Å²) in [7, 11) is -3.70. The molecule has 1 heterocycles. The Morgan fingerprint density at radius 2 is 1.69 bits per heavy atom. The zero-order chi connectivity index (χ0) is 21.0. The zero-order valence-electron chi connectivity index (χ0n) is 16.0. The first-order chi connectivity index (χ1) is 13.9. The van der Waals surface area contributed by atoms with Crippen LogP contribution >= 0.6 is 0 Å². The van der Waals surface area contributed by atoms with Crippen LogP contribution in [-0.4, -0.2) is 47.8 Å². The van der Waals surface area contributed by atoms with E-state index in [-0.39, 0.29) is 16.2 Å². The minimum Gasteiger partial charge on any atom is -0.277 e. The van der Waals surface area contributed by atoms with Gasteiger partial charge in [0.25, 0.3) is 11.8 Å². The molecular weight excluding hydrogens is 394 g/mol. The van der Waals surface area contributed by atoms with Gasteiger partial charge in [-0.3, -0.25) is 25.5 Å². The number of carbonyl (C=O) groups is 2. The van der Waals surface area contributed by atoms with Gasteiger partial charge >= 0.3 is 0 Å². The number of rotatable bonds is 6. The van der Waals surface area contributed by atoms with Crippen molar-refractivity contribution in [2.24, 2.45) is 0 Å². The number of aromatic amines is 1. The molecule has 3 rings (SSSR count). The van der Waals surface area contributed by atoms with E-state index in [1.807, 2.05) is 6.07 Å². The lowest BCUT2D eigenvalue weighted by Gasteiger charge is -2.18. The van der Waals surface area contributed by atoms with E-state index < -0.39 is 21.8 Å². The van der Waals surface area contributed by atoms with Crippen LogP contribution in [-0.2, 0) is 10.0 Å². The third kappa shape index (κ3) is 4.13. The van der Waals surface area contributed by atoms with Crippen LogP contribution < -0.4 is 10.9 Å². The van der Waals surface area contributed by atoms with Gasteiger partial charge in [-0.1, -0.05) is 38.1 Å². The molecule has 29 heavy (non-hydrogen) atoms. The Morgan fingerprint density at radius 3 is 2.41 bits per heavy atom. The number of carbonyl (C=O) groups excluding carboxylic acids is 2. The highest BCUT2D eigenvalue weighted by Gasteiger charge is 2.23. The van der Waals surface area contributed by atoms with E-state index in [1.54, 1.807) is 32.0 Å². The summed E-state index contributed by atoms with van der Waals surface area (Å²) in [4.78, 5) is 24.8. The van der Waals surface area contributed by atoms with E-state index in [2.05, 4.69) is 21.0 Å². The maximum absolute atomic E-state index is 12.6. The Balaban J connectivity index is 1.74. The number of nitrogens with zero attached hydrogens (tertiary/aromatic N) is 2. The average Bonchev–Trinajstić information content (AvgIpc) is 3.17. The van der Waals surface area contributed by atoms with Crippen LogP contribution in [0.15, 0.2) is 53.4 Å². The molecule has 0 aliphatic rings. The van der Waals surface area contributed by atoms with Gasteiger partial charge in [0.15, 0.2) is 5.69 Å². The molecule has 0 atom stereocenters. The van der Waals surface area contributed by atoms with Gasteiger partial charge in [-0.15, -0.1) is 0 Å². The first kappa shape index (κ1) is 20.5. The Labute approximate surface area is 168 Å². The molecule has 0 aliphatic heterocycles. The van der Waals surface area contributed by atoms with Gasteiger partial charge in [0.2, 0.25) is 10.0 Å². The minimum absolute atomic E-state index is 0.0125. The fraction of sp³-hybridized carbons (Fsp3) is 0.211. The van der Waals surface area contributed by atoms with Gasteiger partial charge in [0.05, 0.1) is 10.4 Å². The molecule has 0 spiro atoms. The predicted molar refractivity (Wildman–Crippen MR) is 108 cm³/mol. The minimum atomic E-state index is -3.70. The summed E-state index contributed by atoms with van der Waals surface area (Å²) in [6, 6.07) is 12.7. The van der Waals surface area contributed by atoms with Crippen molar-refractivity contribution >= 4 is 32.7 Å². The first-order valence-corrected chi connectivity index (χ1v) is 10.5. The lowest BCUT2D eigenvalue weighted by Crippen LogP contribution is -2.42. The number of fused-ring (bicyclic) bond motifs is 1. The highest BCUT2D eigenvalue weighted by atomic mass is 32.2. The zero-order valence-corrected chi connectivity index (χ0v) is 16.8. The monoisotopic (exact) mass is 415 g/mol. The van der Waals surface area contributed by atoms with Gasteiger partial charge < -0.3 is 0 Å². The maximum Gasteiger partial charge on any atom is 0.290 e. The Morgan fingerprint density at radius 1 is 1.00 bits per heavy atom. The summed E-state index contributed by atoms with van der Waals surface area (Å²) in [5.41, 5.74) is 5.52. The van der Waals surface area contributed by atoms with Crippen LogP contribution in [0.2, 0.25) is 0 Å². The summed E-state index contributed by atoms with van der Waals surface area (Å²) in [6.07, 6.45) is 0. The topological polar surface area (TPSA) is 124 Å². The van der Waals surface area contributed by atoms with Gasteiger partial charge in [-0.2, -0.15) is 9.40 Å². The van der Waals surface area contributed by atoms with E-state index in [4.69, 9.17) is 0 Å². The van der Waals surface area contributed by atoms with Crippen LogP contribution in [0.5, 0.6) is 0 Å². The Kier molecular flexibility index (Phi) is 5.95. The van der Waals surface area contributed by atoms with Crippen LogP contribution in [0.25, 0.3) is 10.9 Å².